The van der Waals surface area contributed by atoms with Crippen molar-refractivity contribution >= 4 is 5.91 Å². The van der Waals surface area contributed by atoms with Crippen LogP contribution in [0.4, 0.5) is 0 Å². The lowest BCUT2D eigenvalue weighted by Crippen LogP contribution is -2.44. The van der Waals surface area contributed by atoms with Crippen molar-refractivity contribution in [1.82, 2.24) is 10.2 Å². The first-order valence-corrected chi connectivity index (χ1v) is 7.57. The summed E-state index contributed by atoms with van der Waals surface area (Å²) in [4.78, 5) is 14.1. The summed E-state index contributed by atoms with van der Waals surface area (Å²) >= 11 is 0. The van der Waals surface area contributed by atoms with E-state index in [9.17, 15) is 4.79 Å². The molecule has 1 aromatic carbocycles. The molecule has 21 heavy (non-hydrogen) atoms. The number of benzene rings is 1. The Morgan fingerprint density at radius 2 is 1.81 bits per heavy atom. The van der Waals surface area contributed by atoms with Gasteiger partial charge in [-0.2, -0.15) is 0 Å². The van der Waals surface area contributed by atoms with E-state index in [4.69, 9.17) is 5.73 Å². The number of carbonyl (C=O) groups is 1. The Hall–Kier alpha value is -1.39. The minimum Gasteiger partial charge on any atom is -0.353 e. The van der Waals surface area contributed by atoms with Gasteiger partial charge in [-0.3, -0.25) is 4.79 Å². The van der Waals surface area contributed by atoms with Crippen LogP contribution in [0.3, 0.4) is 0 Å². The van der Waals surface area contributed by atoms with Gasteiger partial charge >= 0.3 is 0 Å². The Morgan fingerprint density at radius 1 is 1.24 bits per heavy atom. The average Bonchev–Trinajstić information content (AvgIpc) is 2.39. The minimum absolute atomic E-state index is 0.0670. The molecule has 0 aliphatic rings. The molecule has 2 atom stereocenters. The van der Waals surface area contributed by atoms with Gasteiger partial charge in [-0.15, -0.1) is 0 Å². The predicted molar refractivity (Wildman–Crippen MR) is 88.0 cm³/mol. The molecular formula is C17H29N3O. The fourth-order valence-electron chi connectivity index (χ4n) is 2.33. The second-order valence-electron chi connectivity index (χ2n) is 6.37. The van der Waals surface area contributed by atoms with Gasteiger partial charge in [0.1, 0.15) is 0 Å². The molecule has 4 heteroatoms. The zero-order chi connectivity index (χ0) is 16.0. The SMILES string of the molecule is Cc1ccc(C(CNC(=O)[C@@H](N)CC(C)C)N(C)C)cc1. The molecule has 0 spiro atoms. The molecule has 0 radical (unpaired) electrons. The molecule has 1 aromatic rings. The van der Waals surface area contributed by atoms with Crippen LogP contribution in [0.2, 0.25) is 0 Å². The molecule has 0 saturated heterocycles. The Balaban J connectivity index is 2.64. The lowest BCUT2D eigenvalue weighted by molar-refractivity contribution is -0.122. The molecule has 118 valence electrons. The maximum absolute atomic E-state index is 12.0. The van der Waals surface area contributed by atoms with Crippen LogP contribution in [0, 0.1) is 12.8 Å². The molecular weight excluding hydrogens is 262 g/mol. The number of nitrogens with zero attached hydrogens (tertiary/aromatic N) is 1. The third-order valence-electron chi connectivity index (χ3n) is 3.62. The Bertz CT molecular complexity index is 440. The highest BCUT2D eigenvalue weighted by Crippen LogP contribution is 2.18. The normalized spacial score (nSPS) is 14.3. The van der Waals surface area contributed by atoms with Crippen molar-refractivity contribution in [2.75, 3.05) is 20.6 Å². The molecule has 0 bridgehead atoms. The van der Waals surface area contributed by atoms with Crippen molar-refractivity contribution in [3.63, 3.8) is 0 Å². The molecule has 0 aliphatic heterocycles. The molecule has 0 aliphatic carbocycles. The summed E-state index contributed by atoms with van der Waals surface area (Å²) in [5.74, 6) is 0.357. The average molecular weight is 291 g/mol. The van der Waals surface area contributed by atoms with E-state index in [2.05, 4.69) is 55.3 Å². The van der Waals surface area contributed by atoms with E-state index in [1.54, 1.807) is 0 Å². The van der Waals surface area contributed by atoms with E-state index in [0.29, 0.717) is 18.9 Å². The van der Waals surface area contributed by atoms with Gasteiger partial charge in [0.2, 0.25) is 5.91 Å². The van der Waals surface area contributed by atoms with E-state index in [1.807, 2.05) is 14.1 Å². The van der Waals surface area contributed by atoms with Crippen molar-refractivity contribution in [2.24, 2.45) is 11.7 Å². The van der Waals surface area contributed by atoms with Gasteiger partial charge in [-0.1, -0.05) is 43.7 Å². The van der Waals surface area contributed by atoms with Crippen molar-refractivity contribution < 1.29 is 4.79 Å². The molecule has 1 unspecified atom stereocenters. The van der Waals surface area contributed by atoms with Gasteiger partial charge < -0.3 is 16.0 Å². The third-order valence-corrected chi connectivity index (χ3v) is 3.62. The van der Waals surface area contributed by atoms with Gasteiger partial charge in [-0.05, 0) is 38.9 Å². The highest BCUT2D eigenvalue weighted by atomic mass is 16.2. The van der Waals surface area contributed by atoms with E-state index < -0.39 is 6.04 Å². The van der Waals surface area contributed by atoms with E-state index in [1.165, 1.54) is 11.1 Å². The van der Waals surface area contributed by atoms with Gasteiger partial charge in [0.25, 0.3) is 0 Å². The Kier molecular flexibility index (Phi) is 6.85. The van der Waals surface area contributed by atoms with Crippen molar-refractivity contribution in [3.8, 4) is 0 Å². The number of rotatable bonds is 7. The predicted octanol–water partition coefficient (Wildman–Crippen LogP) is 2.09. The largest absolute Gasteiger partial charge is 0.353 e. The number of likely N-dealkylation sites (N-methyl/N-ethyl adjacent to an activating group) is 1. The number of nitrogens with one attached hydrogen (secondary N) is 1. The Morgan fingerprint density at radius 3 is 2.29 bits per heavy atom. The third kappa shape index (κ3) is 5.86. The summed E-state index contributed by atoms with van der Waals surface area (Å²) in [6.07, 6.45) is 0.711. The minimum atomic E-state index is -0.425. The highest BCUT2D eigenvalue weighted by Gasteiger charge is 2.18. The van der Waals surface area contributed by atoms with Crippen LogP contribution in [0.1, 0.15) is 37.4 Å². The summed E-state index contributed by atoms with van der Waals surface area (Å²) in [5, 5.41) is 2.98. The number of nitrogens with two attached hydrogens (primary N) is 1. The van der Waals surface area contributed by atoms with Gasteiger partial charge in [0, 0.05) is 6.54 Å². The van der Waals surface area contributed by atoms with E-state index in [-0.39, 0.29) is 11.9 Å². The molecule has 0 fully saturated rings. The van der Waals surface area contributed by atoms with Crippen LogP contribution in [0.5, 0.6) is 0 Å². The molecule has 3 N–H and O–H groups in total. The molecule has 1 amide bonds. The maximum Gasteiger partial charge on any atom is 0.236 e. The van der Waals surface area contributed by atoms with Crippen molar-refractivity contribution in [1.29, 1.82) is 0 Å². The molecule has 0 aromatic heterocycles. The van der Waals surface area contributed by atoms with Crippen molar-refractivity contribution in [3.05, 3.63) is 35.4 Å². The summed E-state index contributed by atoms with van der Waals surface area (Å²) in [7, 11) is 4.04. The first-order valence-electron chi connectivity index (χ1n) is 7.57. The van der Waals surface area contributed by atoms with Gasteiger partial charge in [-0.25, -0.2) is 0 Å². The van der Waals surface area contributed by atoms with Crippen LogP contribution >= 0.6 is 0 Å². The zero-order valence-electron chi connectivity index (χ0n) is 13.9. The molecule has 1 rings (SSSR count). The van der Waals surface area contributed by atoms with Gasteiger partial charge in [0.15, 0.2) is 0 Å². The fraction of sp³-hybridized carbons (Fsp3) is 0.588. The monoisotopic (exact) mass is 291 g/mol. The van der Waals surface area contributed by atoms with Crippen LogP contribution in [-0.4, -0.2) is 37.5 Å². The lowest BCUT2D eigenvalue weighted by atomic mass is 10.0. The zero-order valence-corrected chi connectivity index (χ0v) is 13.9. The number of carbonyl (C=O) groups excluding carboxylic acids is 1. The second kappa shape index (κ2) is 8.15. The maximum atomic E-state index is 12.0. The highest BCUT2D eigenvalue weighted by molar-refractivity contribution is 5.81. The molecule has 0 saturated carbocycles. The first kappa shape index (κ1) is 17.7. The van der Waals surface area contributed by atoms with Crippen LogP contribution in [-0.2, 0) is 4.79 Å². The lowest BCUT2D eigenvalue weighted by Gasteiger charge is -2.26. The van der Waals surface area contributed by atoms with Crippen LogP contribution in [0.25, 0.3) is 0 Å². The van der Waals surface area contributed by atoms with Gasteiger partial charge in [0.05, 0.1) is 12.1 Å². The topological polar surface area (TPSA) is 58.4 Å². The summed E-state index contributed by atoms with van der Waals surface area (Å²) < 4.78 is 0. The first-order chi connectivity index (χ1) is 9.81. The van der Waals surface area contributed by atoms with Crippen LogP contribution in [0.15, 0.2) is 24.3 Å². The van der Waals surface area contributed by atoms with Crippen molar-refractivity contribution in [2.45, 2.75) is 39.3 Å². The summed E-state index contributed by atoms with van der Waals surface area (Å²) in [5.41, 5.74) is 8.35. The van der Waals surface area contributed by atoms with Crippen LogP contribution < -0.4 is 11.1 Å². The second-order valence-corrected chi connectivity index (χ2v) is 6.37. The van der Waals surface area contributed by atoms with E-state index >= 15 is 0 Å². The molecule has 0 heterocycles. The fourth-order valence-corrected chi connectivity index (χ4v) is 2.33. The van der Waals surface area contributed by atoms with E-state index in [0.717, 1.165) is 0 Å². The smallest absolute Gasteiger partial charge is 0.236 e. The number of amides is 1. The summed E-state index contributed by atoms with van der Waals surface area (Å²) in [6.45, 7) is 6.78. The Labute approximate surface area is 128 Å². The molecule has 4 nitrogen and oxygen atoms in total. The summed E-state index contributed by atoms with van der Waals surface area (Å²) in [6, 6.07) is 8.14. The number of aryl methyl sites for hydroxylation is 1. The standard InChI is InChI=1S/C17H29N3O/c1-12(2)10-15(18)17(21)19-11-16(20(4)5)14-8-6-13(3)7-9-14/h6-9,12,15-16H,10-11,18H2,1-5H3,(H,19,21)/t15-,16?/m0/s1. The number of hydrogen-bond donors (Lipinski definition) is 2. The quantitative estimate of drug-likeness (QED) is 0.809. The number of hydrogen-bond acceptors (Lipinski definition) is 3.